The first-order valence-corrected chi connectivity index (χ1v) is 5.40. The molecule has 0 bridgehead atoms. The fraction of sp³-hybridized carbons (Fsp3) is 0.909. The van der Waals surface area contributed by atoms with Crippen molar-refractivity contribution in [3.05, 3.63) is 0 Å². The van der Waals surface area contributed by atoms with Crippen LogP contribution in [0, 0.1) is 17.8 Å². The third-order valence-electron chi connectivity index (χ3n) is 3.50. The Labute approximate surface area is 86.1 Å². The van der Waals surface area contributed by atoms with Gasteiger partial charge >= 0.3 is 5.97 Å². The van der Waals surface area contributed by atoms with Gasteiger partial charge in [-0.3, -0.25) is 9.69 Å². The SMILES string of the molecule is CC(C)C(C)N1CC(C)C(C(=O)O)C1. The molecular weight excluding hydrogens is 178 g/mol. The van der Waals surface area contributed by atoms with Gasteiger partial charge in [0.1, 0.15) is 0 Å². The quantitative estimate of drug-likeness (QED) is 0.752. The Kier molecular flexibility index (Phi) is 3.53. The molecule has 82 valence electrons. The summed E-state index contributed by atoms with van der Waals surface area (Å²) in [5.74, 6) is 0.0654. The van der Waals surface area contributed by atoms with Crippen LogP contribution >= 0.6 is 0 Å². The van der Waals surface area contributed by atoms with Crippen LogP contribution in [0.25, 0.3) is 0 Å². The molecule has 0 aromatic carbocycles. The zero-order valence-electron chi connectivity index (χ0n) is 9.53. The molecule has 0 radical (unpaired) electrons. The second-order valence-electron chi connectivity index (χ2n) is 4.86. The Morgan fingerprint density at radius 1 is 1.36 bits per heavy atom. The molecule has 3 heteroatoms. The van der Waals surface area contributed by atoms with Crippen molar-refractivity contribution in [2.45, 2.75) is 33.7 Å². The van der Waals surface area contributed by atoms with Gasteiger partial charge in [0, 0.05) is 19.1 Å². The van der Waals surface area contributed by atoms with E-state index < -0.39 is 5.97 Å². The minimum atomic E-state index is -0.643. The Hall–Kier alpha value is -0.570. The highest BCUT2D eigenvalue weighted by Gasteiger charge is 2.36. The van der Waals surface area contributed by atoms with E-state index in [0.717, 1.165) is 13.1 Å². The molecule has 14 heavy (non-hydrogen) atoms. The molecular formula is C11H21NO2. The summed E-state index contributed by atoms with van der Waals surface area (Å²) in [6.07, 6.45) is 0. The third-order valence-corrected chi connectivity index (χ3v) is 3.50. The monoisotopic (exact) mass is 199 g/mol. The second kappa shape index (κ2) is 4.30. The smallest absolute Gasteiger partial charge is 0.308 e. The van der Waals surface area contributed by atoms with Crippen molar-refractivity contribution in [3.63, 3.8) is 0 Å². The van der Waals surface area contributed by atoms with Crippen LogP contribution < -0.4 is 0 Å². The summed E-state index contributed by atoms with van der Waals surface area (Å²) in [6, 6.07) is 0.488. The largest absolute Gasteiger partial charge is 0.481 e. The number of likely N-dealkylation sites (tertiary alicyclic amines) is 1. The topological polar surface area (TPSA) is 40.5 Å². The molecule has 0 aromatic heterocycles. The summed E-state index contributed by atoms with van der Waals surface area (Å²) in [6.45, 7) is 10.2. The summed E-state index contributed by atoms with van der Waals surface area (Å²) in [5, 5.41) is 9.00. The maximum atomic E-state index is 10.9. The number of carbonyl (C=O) groups is 1. The van der Waals surface area contributed by atoms with Crippen molar-refractivity contribution >= 4 is 5.97 Å². The van der Waals surface area contributed by atoms with Crippen LogP contribution in [-0.2, 0) is 4.79 Å². The zero-order valence-corrected chi connectivity index (χ0v) is 9.53. The predicted molar refractivity (Wildman–Crippen MR) is 56.2 cm³/mol. The van der Waals surface area contributed by atoms with Crippen LogP contribution in [0.1, 0.15) is 27.7 Å². The van der Waals surface area contributed by atoms with Crippen molar-refractivity contribution in [3.8, 4) is 0 Å². The molecule has 1 aliphatic rings. The summed E-state index contributed by atoms with van der Waals surface area (Å²) >= 11 is 0. The van der Waals surface area contributed by atoms with Gasteiger partial charge in [0.25, 0.3) is 0 Å². The Bertz CT molecular complexity index is 215. The molecule has 0 aliphatic carbocycles. The molecule has 3 nitrogen and oxygen atoms in total. The lowest BCUT2D eigenvalue weighted by Crippen LogP contribution is -2.35. The molecule has 1 N–H and O–H groups in total. The van der Waals surface area contributed by atoms with Gasteiger partial charge in [-0.05, 0) is 18.8 Å². The van der Waals surface area contributed by atoms with Gasteiger partial charge in [-0.2, -0.15) is 0 Å². The summed E-state index contributed by atoms with van der Waals surface area (Å²) < 4.78 is 0. The highest BCUT2D eigenvalue weighted by Crippen LogP contribution is 2.26. The molecule has 1 aliphatic heterocycles. The highest BCUT2D eigenvalue weighted by atomic mass is 16.4. The Morgan fingerprint density at radius 2 is 1.93 bits per heavy atom. The van der Waals surface area contributed by atoms with Crippen molar-refractivity contribution in [1.29, 1.82) is 0 Å². The van der Waals surface area contributed by atoms with E-state index in [2.05, 4.69) is 25.7 Å². The highest BCUT2D eigenvalue weighted by molar-refractivity contribution is 5.71. The van der Waals surface area contributed by atoms with E-state index in [0.29, 0.717) is 12.0 Å². The van der Waals surface area contributed by atoms with Crippen LogP contribution in [0.15, 0.2) is 0 Å². The molecule has 0 amide bonds. The average molecular weight is 199 g/mol. The Morgan fingerprint density at radius 3 is 2.29 bits per heavy atom. The van der Waals surface area contributed by atoms with Crippen LogP contribution in [0.4, 0.5) is 0 Å². The molecule has 1 heterocycles. The van der Waals surface area contributed by atoms with Gasteiger partial charge in [0.2, 0.25) is 0 Å². The minimum absolute atomic E-state index is 0.170. The Balaban J connectivity index is 2.58. The van der Waals surface area contributed by atoms with E-state index in [1.807, 2.05) is 6.92 Å². The van der Waals surface area contributed by atoms with Crippen molar-refractivity contribution in [2.75, 3.05) is 13.1 Å². The van der Waals surface area contributed by atoms with E-state index in [9.17, 15) is 4.79 Å². The summed E-state index contributed by atoms with van der Waals surface area (Å²) in [7, 11) is 0. The molecule has 0 spiro atoms. The fourth-order valence-corrected chi connectivity index (χ4v) is 2.08. The predicted octanol–water partition coefficient (Wildman–Crippen LogP) is 1.68. The number of aliphatic carboxylic acids is 1. The first kappa shape index (κ1) is 11.5. The van der Waals surface area contributed by atoms with Crippen molar-refractivity contribution in [2.24, 2.45) is 17.8 Å². The van der Waals surface area contributed by atoms with Gasteiger partial charge < -0.3 is 5.11 Å². The molecule has 1 rings (SSSR count). The maximum Gasteiger partial charge on any atom is 0.308 e. The molecule has 3 unspecified atom stereocenters. The van der Waals surface area contributed by atoms with E-state index in [-0.39, 0.29) is 11.8 Å². The van der Waals surface area contributed by atoms with Crippen LogP contribution in [0.3, 0.4) is 0 Å². The maximum absolute atomic E-state index is 10.9. The van der Waals surface area contributed by atoms with E-state index in [4.69, 9.17) is 5.11 Å². The van der Waals surface area contributed by atoms with Gasteiger partial charge in [0.05, 0.1) is 5.92 Å². The number of hydrogen-bond donors (Lipinski definition) is 1. The van der Waals surface area contributed by atoms with Crippen LogP contribution in [0.5, 0.6) is 0 Å². The first-order chi connectivity index (χ1) is 6.43. The third kappa shape index (κ3) is 2.27. The molecule has 0 aromatic rings. The van der Waals surface area contributed by atoms with Gasteiger partial charge in [-0.25, -0.2) is 0 Å². The minimum Gasteiger partial charge on any atom is -0.481 e. The number of carboxylic acid groups (broad SMARTS) is 1. The van der Waals surface area contributed by atoms with E-state index in [1.165, 1.54) is 0 Å². The second-order valence-corrected chi connectivity index (χ2v) is 4.86. The standard InChI is InChI=1S/C11H21NO2/c1-7(2)9(4)12-5-8(3)10(6-12)11(13)14/h7-10H,5-6H2,1-4H3,(H,13,14). The molecule has 0 saturated carbocycles. The summed E-state index contributed by atoms with van der Waals surface area (Å²) in [4.78, 5) is 13.2. The van der Waals surface area contributed by atoms with Gasteiger partial charge in [0.15, 0.2) is 0 Å². The lowest BCUT2D eigenvalue weighted by atomic mass is 9.99. The number of nitrogens with zero attached hydrogens (tertiary/aromatic N) is 1. The van der Waals surface area contributed by atoms with Gasteiger partial charge in [-0.1, -0.05) is 20.8 Å². The van der Waals surface area contributed by atoms with Crippen LogP contribution in [-0.4, -0.2) is 35.1 Å². The number of carboxylic acids is 1. The average Bonchev–Trinajstić information content (AvgIpc) is 2.45. The van der Waals surface area contributed by atoms with E-state index in [1.54, 1.807) is 0 Å². The lowest BCUT2D eigenvalue weighted by molar-refractivity contribution is -0.142. The van der Waals surface area contributed by atoms with Crippen molar-refractivity contribution in [1.82, 2.24) is 4.90 Å². The zero-order chi connectivity index (χ0) is 10.9. The van der Waals surface area contributed by atoms with E-state index >= 15 is 0 Å². The summed E-state index contributed by atoms with van der Waals surface area (Å²) in [5.41, 5.74) is 0. The normalized spacial score (nSPS) is 30.9. The molecule has 3 atom stereocenters. The fourth-order valence-electron chi connectivity index (χ4n) is 2.08. The molecule has 1 saturated heterocycles. The van der Waals surface area contributed by atoms with Crippen molar-refractivity contribution < 1.29 is 9.90 Å². The van der Waals surface area contributed by atoms with Crippen LogP contribution in [0.2, 0.25) is 0 Å². The number of rotatable bonds is 3. The van der Waals surface area contributed by atoms with Gasteiger partial charge in [-0.15, -0.1) is 0 Å². The first-order valence-electron chi connectivity index (χ1n) is 5.40. The number of hydrogen-bond acceptors (Lipinski definition) is 2. The lowest BCUT2D eigenvalue weighted by Gasteiger charge is -2.27. The molecule has 1 fully saturated rings.